The van der Waals surface area contributed by atoms with Crippen LogP contribution in [-0.2, 0) is 6.54 Å². The molecule has 0 saturated carbocycles. The number of thiazole rings is 1. The van der Waals surface area contributed by atoms with E-state index in [0.29, 0.717) is 6.54 Å². The molecule has 0 amide bonds. The van der Waals surface area contributed by atoms with Gasteiger partial charge in [0.1, 0.15) is 10.8 Å². The van der Waals surface area contributed by atoms with Gasteiger partial charge in [0.05, 0.1) is 12.8 Å². The molecule has 0 unspecified atom stereocenters. The molecule has 0 fully saturated rings. The molecule has 1 heterocycles. The molecule has 0 bridgehead atoms. The number of nitrogens with two attached hydrogens (primary N) is 1. The van der Waals surface area contributed by atoms with Gasteiger partial charge in [-0.3, -0.25) is 0 Å². The molecule has 2 aromatic rings. The third-order valence-corrected chi connectivity index (χ3v) is 4.48. The first-order valence-electron chi connectivity index (χ1n) is 5.89. The minimum Gasteiger partial charge on any atom is -0.496 e. The van der Waals surface area contributed by atoms with Crippen molar-refractivity contribution in [2.45, 2.75) is 27.3 Å². The van der Waals surface area contributed by atoms with E-state index in [-0.39, 0.29) is 0 Å². The van der Waals surface area contributed by atoms with Crippen LogP contribution in [0, 0.1) is 20.8 Å². The van der Waals surface area contributed by atoms with Gasteiger partial charge in [-0.15, -0.1) is 11.3 Å². The molecule has 96 valence electrons. The summed E-state index contributed by atoms with van der Waals surface area (Å²) in [6, 6.07) is 4.07. The average Bonchev–Trinajstić information content (AvgIpc) is 2.73. The van der Waals surface area contributed by atoms with Crippen molar-refractivity contribution in [1.82, 2.24) is 4.98 Å². The van der Waals surface area contributed by atoms with Crippen molar-refractivity contribution in [3.05, 3.63) is 33.8 Å². The Morgan fingerprint density at radius 1 is 1.22 bits per heavy atom. The number of aryl methyl sites for hydroxylation is 1. The minimum atomic E-state index is 0.553. The van der Waals surface area contributed by atoms with Gasteiger partial charge in [0.2, 0.25) is 0 Å². The Hall–Kier alpha value is -1.39. The lowest BCUT2D eigenvalue weighted by Crippen LogP contribution is -1.94. The number of benzene rings is 1. The van der Waals surface area contributed by atoms with Gasteiger partial charge in [0, 0.05) is 17.0 Å². The van der Waals surface area contributed by atoms with E-state index < -0.39 is 0 Å². The van der Waals surface area contributed by atoms with E-state index >= 15 is 0 Å². The Bertz CT molecular complexity index is 575. The summed E-state index contributed by atoms with van der Waals surface area (Å²) < 4.78 is 5.33. The quantitative estimate of drug-likeness (QED) is 0.924. The van der Waals surface area contributed by atoms with Crippen LogP contribution in [0.3, 0.4) is 0 Å². The fraction of sp³-hybridized carbons (Fsp3) is 0.357. The molecule has 0 aliphatic heterocycles. The summed E-state index contributed by atoms with van der Waals surface area (Å²) in [5, 5.41) is 1.04. The minimum absolute atomic E-state index is 0.553. The van der Waals surface area contributed by atoms with Crippen LogP contribution in [0.5, 0.6) is 5.75 Å². The molecule has 0 radical (unpaired) electrons. The van der Waals surface area contributed by atoms with Gasteiger partial charge in [0.15, 0.2) is 0 Å². The third-order valence-electron chi connectivity index (χ3n) is 3.27. The maximum absolute atomic E-state index is 5.71. The number of hydrogen-bond acceptors (Lipinski definition) is 4. The van der Waals surface area contributed by atoms with Crippen molar-refractivity contribution in [2.24, 2.45) is 5.73 Å². The van der Waals surface area contributed by atoms with Crippen LogP contribution in [0.1, 0.15) is 21.7 Å². The first-order chi connectivity index (χ1) is 8.58. The number of methoxy groups -OCH3 is 1. The lowest BCUT2D eigenvalue weighted by molar-refractivity contribution is 0.411. The highest BCUT2D eigenvalue weighted by Crippen LogP contribution is 2.34. The summed E-state index contributed by atoms with van der Waals surface area (Å²) in [5.74, 6) is 0.920. The molecule has 3 nitrogen and oxygen atoms in total. The second kappa shape index (κ2) is 5.08. The normalized spacial score (nSPS) is 10.7. The zero-order chi connectivity index (χ0) is 13.3. The van der Waals surface area contributed by atoms with Gasteiger partial charge in [-0.2, -0.15) is 0 Å². The Balaban J connectivity index is 2.54. The van der Waals surface area contributed by atoms with Crippen molar-refractivity contribution >= 4 is 11.3 Å². The Kier molecular flexibility index (Phi) is 3.68. The van der Waals surface area contributed by atoms with Crippen LogP contribution >= 0.6 is 11.3 Å². The molecule has 2 rings (SSSR count). The van der Waals surface area contributed by atoms with Crippen LogP contribution in [-0.4, -0.2) is 12.1 Å². The summed E-state index contributed by atoms with van der Waals surface area (Å²) in [6.45, 7) is 6.74. The first-order valence-corrected chi connectivity index (χ1v) is 6.71. The highest BCUT2D eigenvalue weighted by Gasteiger charge is 2.13. The fourth-order valence-electron chi connectivity index (χ4n) is 1.98. The summed E-state index contributed by atoms with van der Waals surface area (Å²) >= 11 is 1.67. The number of nitrogens with zero attached hydrogens (tertiary/aromatic N) is 1. The molecule has 4 heteroatoms. The topological polar surface area (TPSA) is 48.1 Å². The summed E-state index contributed by atoms with van der Waals surface area (Å²) in [4.78, 5) is 5.76. The van der Waals surface area contributed by atoms with Gasteiger partial charge in [-0.05, 0) is 44.0 Å². The highest BCUT2D eigenvalue weighted by atomic mass is 32.1. The molecule has 1 aromatic heterocycles. The lowest BCUT2D eigenvalue weighted by Gasteiger charge is -2.10. The molecule has 0 saturated heterocycles. The molecule has 0 spiro atoms. The van der Waals surface area contributed by atoms with Crippen LogP contribution in [0.15, 0.2) is 12.1 Å². The summed E-state index contributed by atoms with van der Waals surface area (Å²) in [5.41, 5.74) is 10.3. The molecule has 0 aliphatic carbocycles. The molecule has 1 aromatic carbocycles. The second-order valence-electron chi connectivity index (χ2n) is 4.30. The summed E-state index contributed by atoms with van der Waals surface area (Å²) in [7, 11) is 1.70. The van der Waals surface area contributed by atoms with E-state index in [4.69, 9.17) is 10.5 Å². The van der Waals surface area contributed by atoms with E-state index in [1.165, 1.54) is 11.1 Å². The van der Waals surface area contributed by atoms with Crippen LogP contribution in [0.4, 0.5) is 0 Å². The van der Waals surface area contributed by atoms with Crippen molar-refractivity contribution in [1.29, 1.82) is 0 Å². The Morgan fingerprint density at radius 3 is 2.50 bits per heavy atom. The van der Waals surface area contributed by atoms with Crippen molar-refractivity contribution < 1.29 is 4.74 Å². The van der Waals surface area contributed by atoms with Crippen LogP contribution in [0.25, 0.3) is 10.6 Å². The lowest BCUT2D eigenvalue weighted by atomic mass is 10.0. The number of hydrogen-bond donors (Lipinski definition) is 1. The SMILES string of the molecule is COc1ccc(-c2nc(C)c(CN)s2)c(C)c1C. The van der Waals surface area contributed by atoms with Gasteiger partial charge >= 0.3 is 0 Å². The monoisotopic (exact) mass is 262 g/mol. The summed E-state index contributed by atoms with van der Waals surface area (Å²) in [6.07, 6.45) is 0. The first kappa shape index (κ1) is 13.1. The zero-order valence-electron chi connectivity index (χ0n) is 11.2. The van der Waals surface area contributed by atoms with Gasteiger partial charge < -0.3 is 10.5 Å². The van der Waals surface area contributed by atoms with Crippen LogP contribution < -0.4 is 10.5 Å². The smallest absolute Gasteiger partial charge is 0.124 e. The van der Waals surface area contributed by atoms with Crippen molar-refractivity contribution in [3.8, 4) is 16.3 Å². The predicted molar refractivity (Wildman–Crippen MR) is 76.2 cm³/mol. The maximum atomic E-state index is 5.71. The third kappa shape index (κ3) is 2.13. The van der Waals surface area contributed by atoms with E-state index in [0.717, 1.165) is 26.9 Å². The van der Waals surface area contributed by atoms with Crippen molar-refractivity contribution in [2.75, 3.05) is 7.11 Å². The molecule has 0 atom stereocenters. The molecular formula is C14H18N2OS. The molecular weight excluding hydrogens is 244 g/mol. The molecule has 18 heavy (non-hydrogen) atoms. The van der Waals surface area contributed by atoms with E-state index in [1.54, 1.807) is 18.4 Å². The number of rotatable bonds is 3. The maximum Gasteiger partial charge on any atom is 0.124 e. The molecule has 2 N–H and O–H groups in total. The number of aromatic nitrogens is 1. The van der Waals surface area contributed by atoms with E-state index in [2.05, 4.69) is 24.9 Å². The van der Waals surface area contributed by atoms with Crippen molar-refractivity contribution in [3.63, 3.8) is 0 Å². The standard InChI is InChI=1S/C14H18N2OS/c1-8-9(2)12(17-4)6-5-11(8)14-16-10(3)13(7-15)18-14/h5-6H,7,15H2,1-4H3. The fourth-order valence-corrected chi connectivity index (χ4v) is 3.01. The highest BCUT2D eigenvalue weighted by molar-refractivity contribution is 7.15. The zero-order valence-corrected chi connectivity index (χ0v) is 12.0. The average molecular weight is 262 g/mol. The Morgan fingerprint density at radius 2 is 1.94 bits per heavy atom. The Labute approximate surface area is 112 Å². The molecule has 0 aliphatic rings. The van der Waals surface area contributed by atoms with Gasteiger partial charge in [-0.1, -0.05) is 0 Å². The largest absolute Gasteiger partial charge is 0.496 e. The van der Waals surface area contributed by atoms with E-state index in [9.17, 15) is 0 Å². The van der Waals surface area contributed by atoms with Gasteiger partial charge in [0.25, 0.3) is 0 Å². The van der Waals surface area contributed by atoms with Crippen LogP contribution in [0.2, 0.25) is 0 Å². The predicted octanol–water partition coefficient (Wildman–Crippen LogP) is 3.20. The van der Waals surface area contributed by atoms with E-state index in [1.807, 2.05) is 13.0 Å². The second-order valence-corrected chi connectivity index (χ2v) is 5.38. The number of ether oxygens (including phenoxy) is 1. The van der Waals surface area contributed by atoms with Gasteiger partial charge in [-0.25, -0.2) is 4.98 Å².